The Labute approximate surface area is 202 Å². The fraction of sp³-hybridized carbons (Fsp3) is 0.185. The van der Waals surface area contributed by atoms with Crippen LogP contribution in [-0.2, 0) is 32.6 Å². The van der Waals surface area contributed by atoms with Gasteiger partial charge in [-0.3, -0.25) is 0 Å². The molecule has 0 amide bonds. The Morgan fingerprint density at radius 2 is 1.52 bits per heavy atom. The molecule has 0 saturated heterocycles. The molecule has 0 unspecified atom stereocenters. The minimum Gasteiger partial charge on any atom is -1.00 e. The maximum atomic E-state index is 2.37. The van der Waals surface area contributed by atoms with Gasteiger partial charge in [-0.25, -0.2) is 12.1 Å². The van der Waals surface area contributed by atoms with Crippen LogP contribution < -0.4 is 9.41 Å². The van der Waals surface area contributed by atoms with E-state index >= 15 is 0 Å². The molecule has 1 nitrogen and oxygen atoms in total. The summed E-state index contributed by atoms with van der Waals surface area (Å²) in [5.41, 5.74) is 6.70. The summed E-state index contributed by atoms with van der Waals surface area (Å²) in [5, 5.41) is 3.95. The van der Waals surface area contributed by atoms with Crippen LogP contribution in [-0.4, -0.2) is 4.57 Å². The number of aromatic nitrogens is 1. The normalized spacial score (nSPS) is 9.90. The zero-order chi connectivity index (χ0) is 19.5. The minimum atomic E-state index is 0. The SMILES string of the molecule is CCC[c-]1cccc1.Cc1c(C)n(-c2cc3ccccc3[cH-]2)c2ccccc12.[F-].[F-].[Zr+4]. The molecule has 31 heavy (non-hydrogen) atoms. The van der Waals surface area contributed by atoms with E-state index in [1.807, 2.05) is 0 Å². The molecule has 158 valence electrons. The molecule has 0 aliphatic carbocycles. The van der Waals surface area contributed by atoms with Gasteiger partial charge in [0.2, 0.25) is 0 Å². The Morgan fingerprint density at radius 1 is 0.871 bits per heavy atom. The van der Waals surface area contributed by atoms with Crippen molar-refractivity contribution in [3.8, 4) is 5.69 Å². The van der Waals surface area contributed by atoms with E-state index in [0.29, 0.717) is 0 Å². The van der Waals surface area contributed by atoms with E-state index in [-0.39, 0.29) is 35.6 Å². The fourth-order valence-electron chi connectivity index (χ4n) is 3.99. The molecule has 0 atom stereocenters. The molecule has 0 radical (unpaired) electrons. The van der Waals surface area contributed by atoms with Gasteiger partial charge in [-0.15, -0.1) is 41.1 Å². The molecule has 5 aromatic rings. The maximum absolute atomic E-state index is 2.37. The van der Waals surface area contributed by atoms with E-state index in [1.165, 1.54) is 57.0 Å². The van der Waals surface area contributed by atoms with Crippen LogP contribution in [0.15, 0.2) is 84.9 Å². The number of hydrogen-bond donors (Lipinski definition) is 0. The van der Waals surface area contributed by atoms with Crippen LogP contribution in [0.25, 0.3) is 27.4 Å². The first-order valence-corrected chi connectivity index (χ1v) is 10.1. The number of hydrogen-bond acceptors (Lipinski definition) is 0. The van der Waals surface area contributed by atoms with Gasteiger partial charge in [0.1, 0.15) is 0 Å². The van der Waals surface area contributed by atoms with Gasteiger partial charge >= 0.3 is 26.2 Å². The number of fused-ring (bicyclic) bond motifs is 2. The molecule has 0 aliphatic rings. The van der Waals surface area contributed by atoms with E-state index < -0.39 is 0 Å². The number of para-hydroxylation sites is 1. The van der Waals surface area contributed by atoms with Crippen LogP contribution in [0.1, 0.15) is 30.2 Å². The Morgan fingerprint density at radius 3 is 2.19 bits per heavy atom. The molecule has 0 bridgehead atoms. The third-order valence-electron chi connectivity index (χ3n) is 5.56. The average Bonchev–Trinajstić information content (AvgIpc) is 3.42. The molecule has 0 fully saturated rings. The molecule has 4 aromatic carbocycles. The van der Waals surface area contributed by atoms with Crippen molar-refractivity contribution in [3.05, 3.63) is 102 Å². The van der Waals surface area contributed by atoms with E-state index in [9.17, 15) is 0 Å². The molecule has 1 aromatic heterocycles. The summed E-state index contributed by atoms with van der Waals surface area (Å²) < 4.78 is 2.37. The first kappa shape index (κ1) is 26.7. The van der Waals surface area contributed by atoms with E-state index in [2.05, 4.69) is 110 Å². The van der Waals surface area contributed by atoms with E-state index in [4.69, 9.17) is 0 Å². The molecule has 4 heteroatoms. The first-order chi connectivity index (χ1) is 13.7. The van der Waals surface area contributed by atoms with Crippen molar-refractivity contribution in [3.63, 3.8) is 0 Å². The van der Waals surface area contributed by atoms with Crippen molar-refractivity contribution in [1.29, 1.82) is 0 Å². The number of aryl methyl sites for hydroxylation is 2. The van der Waals surface area contributed by atoms with Gasteiger partial charge in [-0.05, 0) is 31.2 Å². The Hall–Kier alpha value is -2.32. The number of nitrogens with zero attached hydrogens (tertiary/aromatic N) is 1. The van der Waals surface area contributed by atoms with Crippen LogP contribution in [0.3, 0.4) is 0 Å². The molecule has 1 heterocycles. The first-order valence-electron chi connectivity index (χ1n) is 10.1. The third kappa shape index (κ3) is 5.49. The maximum Gasteiger partial charge on any atom is 4.00 e. The summed E-state index contributed by atoms with van der Waals surface area (Å²) in [7, 11) is 0. The second-order valence-corrected chi connectivity index (χ2v) is 7.45. The van der Waals surface area contributed by atoms with Crippen molar-refractivity contribution in [2.75, 3.05) is 0 Å². The number of halogens is 2. The van der Waals surface area contributed by atoms with Gasteiger partial charge in [-0.2, -0.15) is 17.7 Å². The summed E-state index contributed by atoms with van der Waals surface area (Å²) in [6, 6.07) is 30.2. The van der Waals surface area contributed by atoms with Crippen molar-refractivity contribution < 1.29 is 35.6 Å². The topological polar surface area (TPSA) is 4.93 Å². The predicted molar refractivity (Wildman–Crippen MR) is 122 cm³/mol. The van der Waals surface area contributed by atoms with Crippen LogP contribution in [0.4, 0.5) is 0 Å². The van der Waals surface area contributed by atoms with Gasteiger partial charge in [0, 0.05) is 11.1 Å². The van der Waals surface area contributed by atoms with Gasteiger partial charge < -0.3 is 14.0 Å². The fourth-order valence-corrected chi connectivity index (χ4v) is 3.99. The zero-order valence-corrected chi connectivity index (χ0v) is 20.7. The Balaban J connectivity index is 0.000000378. The molecular weight excluding hydrogens is 468 g/mol. The molecule has 0 saturated carbocycles. The Kier molecular flexibility index (Phi) is 10.3. The second-order valence-electron chi connectivity index (χ2n) is 7.45. The molecule has 5 rings (SSSR count). The van der Waals surface area contributed by atoms with Gasteiger partial charge in [0.15, 0.2) is 0 Å². The second kappa shape index (κ2) is 11.9. The third-order valence-corrected chi connectivity index (χ3v) is 5.56. The van der Waals surface area contributed by atoms with Crippen molar-refractivity contribution in [2.45, 2.75) is 33.6 Å². The van der Waals surface area contributed by atoms with Crippen LogP contribution in [0, 0.1) is 13.8 Å². The van der Waals surface area contributed by atoms with Gasteiger partial charge in [0.25, 0.3) is 0 Å². The average molecular weight is 495 g/mol. The monoisotopic (exact) mass is 493 g/mol. The summed E-state index contributed by atoms with van der Waals surface area (Å²) in [6.07, 6.45) is 2.48. The minimum absolute atomic E-state index is 0. The molecule has 0 N–H and O–H groups in total. The van der Waals surface area contributed by atoms with Crippen LogP contribution in [0.5, 0.6) is 0 Å². The number of rotatable bonds is 3. The van der Waals surface area contributed by atoms with Crippen molar-refractivity contribution in [1.82, 2.24) is 4.57 Å². The summed E-state index contributed by atoms with van der Waals surface area (Å²) in [6.45, 7) is 6.61. The summed E-state index contributed by atoms with van der Waals surface area (Å²) >= 11 is 0. The van der Waals surface area contributed by atoms with Gasteiger partial charge in [0.05, 0.1) is 5.52 Å². The zero-order valence-electron chi connectivity index (χ0n) is 18.2. The number of benzene rings is 2. The molecular formula is C27H27F2NZr. The Bertz CT molecular complexity index is 1170. The van der Waals surface area contributed by atoms with Crippen LogP contribution in [0.2, 0.25) is 0 Å². The van der Waals surface area contributed by atoms with E-state index in [1.54, 1.807) is 0 Å². The molecule has 0 aliphatic heterocycles. The standard InChI is InChI=1S/C19H16N.C8H11.2FH.Zr/c1-13-14(2)20(19-10-6-5-9-18(13)19)17-11-15-7-3-4-8-16(15)12-17;1-2-5-8-6-3-4-7-8;;;/h3-12H,1-2H3;3-4,6-7H,2,5H2,1H3;2*1H;/q2*-1;;;+4/p-2. The quantitative estimate of drug-likeness (QED) is 0.335. The largest absolute Gasteiger partial charge is 4.00 e. The summed E-state index contributed by atoms with van der Waals surface area (Å²) in [4.78, 5) is 0. The molecule has 0 spiro atoms. The summed E-state index contributed by atoms with van der Waals surface area (Å²) in [5.74, 6) is 0. The van der Waals surface area contributed by atoms with Crippen molar-refractivity contribution in [2.24, 2.45) is 0 Å². The van der Waals surface area contributed by atoms with Crippen LogP contribution >= 0.6 is 0 Å². The van der Waals surface area contributed by atoms with Crippen molar-refractivity contribution >= 4 is 21.7 Å². The smallest absolute Gasteiger partial charge is 1.00 e. The predicted octanol–water partition coefficient (Wildman–Crippen LogP) is 1.48. The van der Waals surface area contributed by atoms with Gasteiger partial charge in [-0.1, -0.05) is 44.0 Å². The van der Waals surface area contributed by atoms with E-state index in [0.717, 1.165) is 0 Å².